The van der Waals surface area contributed by atoms with Crippen LogP contribution in [0.25, 0.3) is 11.0 Å². The fourth-order valence-corrected chi connectivity index (χ4v) is 2.17. The van der Waals surface area contributed by atoms with Crippen molar-refractivity contribution < 1.29 is 9.21 Å². The highest BCUT2D eigenvalue weighted by Gasteiger charge is 2.16. The number of fused-ring (bicyclic) bond motifs is 1. The van der Waals surface area contributed by atoms with Gasteiger partial charge in [0.15, 0.2) is 12.0 Å². The van der Waals surface area contributed by atoms with Crippen LogP contribution in [0.1, 0.15) is 30.0 Å². The molecule has 0 bridgehead atoms. The summed E-state index contributed by atoms with van der Waals surface area (Å²) in [6.07, 6.45) is 1.55. The monoisotopic (exact) mass is 236 g/mol. The lowest BCUT2D eigenvalue weighted by Crippen LogP contribution is -1.96. The highest BCUT2D eigenvalue weighted by atomic mass is 35.5. The van der Waals surface area contributed by atoms with E-state index in [1.54, 1.807) is 0 Å². The molecule has 0 radical (unpaired) electrons. The summed E-state index contributed by atoms with van der Waals surface area (Å²) >= 11 is 6.14. The van der Waals surface area contributed by atoms with Gasteiger partial charge in [0.2, 0.25) is 0 Å². The molecule has 0 aliphatic heterocycles. The smallest absolute Gasteiger partial charge is 0.185 e. The summed E-state index contributed by atoms with van der Waals surface area (Å²) in [5.41, 5.74) is 1.61. The standard InChI is InChI=1S/C13H13ClO2/c1-8(2)6-9-12(7-15)16-11-5-3-4-10(14)13(9)11/h3-5,7-8H,6H2,1-2H3. The summed E-state index contributed by atoms with van der Waals surface area (Å²) in [7, 11) is 0. The van der Waals surface area contributed by atoms with Crippen molar-refractivity contribution in [3.8, 4) is 0 Å². The Balaban J connectivity index is 2.70. The van der Waals surface area contributed by atoms with Gasteiger partial charge in [0.25, 0.3) is 0 Å². The predicted octanol–water partition coefficient (Wildman–Crippen LogP) is 4.10. The number of carbonyl (C=O) groups excluding carboxylic acids is 1. The fourth-order valence-electron chi connectivity index (χ4n) is 1.89. The molecule has 0 fully saturated rings. The van der Waals surface area contributed by atoms with Crippen LogP contribution in [0.3, 0.4) is 0 Å². The van der Waals surface area contributed by atoms with Crippen LogP contribution in [-0.4, -0.2) is 6.29 Å². The molecule has 0 amide bonds. The summed E-state index contributed by atoms with van der Waals surface area (Å²) < 4.78 is 5.48. The maximum atomic E-state index is 11.0. The predicted molar refractivity (Wildman–Crippen MR) is 65.2 cm³/mol. The lowest BCUT2D eigenvalue weighted by Gasteiger charge is -2.03. The van der Waals surface area contributed by atoms with E-state index in [0.717, 1.165) is 23.7 Å². The molecule has 2 rings (SSSR count). The van der Waals surface area contributed by atoms with Gasteiger partial charge in [0.05, 0.1) is 5.02 Å². The molecule has 3 heteroatoms. The Kier molecular flexibility index (Phi) is 3.01. The number of furan rings is 1. The van der Waals surface area contributed by atoms with Gasteiger partial charge in [-0.05, 0) is 24.5 Å². The number of benzene rings is 1. The minimum atomic E-state index is 0.400. The van der Waals surface area contributed by atoms with E-state index in [1.807, 2.05) is 18.2 Å². The Labute approximate surface area is 99.2 Å². The van der Waals surface area contributed by atoms with E-state index in [1.165, 1.54) is 0 Å². The number of carbonyl (C=O) groups is 1. The molecule has 1 heterocycles. The Morgan fingerprint density at radius 3 is 2.81 bits per heavy atom. The molecule has 2 aromatic rings. The molecule has 0 spiro atoms. The summed E-state index contributed by atoms with van der Waals surface area (Å²) in [6.45, 7) is 4.20. The van der Waals surface area contributed by atoms with Crippen LogP contribution >= 0.6 is 11.6 Å². The zero-order chi connectivity index (χ0) is 11.7. The zero-order valence-electron chi connectivity index (χ0n) is 9.29. The largest absolute Gasteiger partial charge is 0.453 e. The minimum Gasteiger partial charge on any atom is -0.453 e. The molecule has 2 nitrogen and oxygen atoms in total. The first-order valence-corrected chi connectivity index (χ1v) is 5.66. The number of rotatable bonds is 3. The lowest BCUT2D eigenvalue weighted by atomic mass is 10.00. The van der Waals surface area contributed by atoms with E-state index in [4.69, 9.17) is 16.0 Å². The molecule has 0 N–H and O–H groups in total. The van der Waals surface area contributed by atoms with Gasteiger partial charge in [-0.1, -0.05) is 31.5 Å². The van der Waals surface area contributed by atoms with E-state index in [2.05, 4.69) is 13.8 Å². The van der Waals surface area contributed by atoms with Gasteiger partial charge in [-0.2, -0.15) is 0 Å². The van der Waals surface area contributed by atoms with E-state index in [-0.39, 0.29) is 0 Å². The van der Waals surface area contributed by atoms with Gasteiger partial charge in [-0.3, -0.25) is 4.79 Å². The van der Waals surface area contributed by atoms with Gasteiger partial charge in [-0.25, -0.2) is 0 Å². The number of aldehydes is 1. The fraction of sp³-hybridized carbons (Fsp3) is 0.308. The number of hydrogen-bond acceptors (Lipinski definition) is 2. The summed E-state index contributed by atoms with van der Waals surface area (Å²) in [5, 5.41) is 1.52. The van der Waals surface area contributed by atoms with Crippen LogP contribution in [0.15, 0.2) is 22.6 Å². The quantitative estimate of drug-likeness (QED) is 0.751. The molecule has 0 saturated carbocycles. The summed E-state index contributed by atoms with van der Waals surface area (Å²) in [5.74, 6) is 0.854. The van der Waals surface area contributed by atoms with Gasteiger partial charge in [0, 0.05) is 10.9 Å². The Morgan fingerprint density at radius 2 is 2.19 bits per heavy atom. The normalized spacial score (nSPS) is 11.2. The van der Waals surface area contributed by atoms with Gasteiger partial charge >= 0.3 is 0 Å². The molecule has 0 aliphatic rings. The Hall–Kier alpha value is -1.28. The van der Waals surface area contributed by atoms with Crippen molar-refractivity contribution in [2.24, 2.45) is 5.92 Å². The molecular formula is C13H13ClO2. The second-order valence-electron chi connectivity index (χ2n) is 4.27. The number of hydrogen-bond donors (Lipinski definition) is 0. The Bertz CT molecular complexity index is 526. The molecule has 0 atom stereocenters. The second kappa shape index (κ2) is 4.30. The molecule has 84 valence electrons. The van der Waals surface area contributed by atoms with Crippen LogP contribution < -0.4 is 0 Å². The van der Waals surface area contributed by atoms with E-state index in [0.29, 0.717) is 22.3 Å². The molecule has 1 aromatic heterocycles. The first-order valence-electron chi connectivity index (χ1n) is 5.28. The van der Waals surface area contributed by atoms with Gasteiger partial charge in [0.1, 0.15) is 5.58 Å². The first-order chi connectivity index (χ1) is 7.63. The van der Waals surface area contributed by atoms with Crippen LogP contribution in [0.4, 0.5) is 0 Å². The third kappa shape index (κ3) is 1.85. The molecule has 0 saturated heterocycles. The van der Waals surface area contributed by atoms with Gasteiger partial charge in [-0.15, -0.1) is 0 Å². The minimum absolute atomic E-state index is 0.400. The highest BCUT2D eigenvalue weighted by Crippen LogP contribution is 2.32. The number of halogens is 1. The van der Waals surface area contributed by atoms with Crippen LogP contribution in [0.2, 0.25) is 5.02 Å². The van der Waals surface area contributed by atoms with Crippen molar-refractivity contribution in [3.63, 3.8) is 0 Å². The Morgan fingerprint density at radius 1 is 1.44 bits per heavy atom. The van der Waals surface area contributed by atoms with Crippen molar-refractivity contribution in [1.29, 1.82) is 0 Å². The lowest BCUT2D eigenvalue weighted by molar-refractivity contribution is 0.110. The SMILES string of the molecule is CC(C)Cc1c(C=O)oc2cccc(Cl)c12. The molecule has 16 heavy (non-hydrogen) atoms. The van der Waals surface area contributed by atoms with Crippen molar-refractivity contribution >= 4 is 28.9 Å². The molecule has 1 aromatic carbocycles. The average molecular weight is 237 g/mol. The topological polar surface area (TPSA) is 30.2 Å². The van der Waals surface area contributed by atoms with Crippen LogP contribution in [0.5, 0.6) is 0 Å². The highest BCUT2D eigenvalue weighted by molar-refractivity contribution is 6.35. The van der Waals surface area contributed by atoms with E-state index in [9.17, 15) is 4.79 Å². The third-order valence-electron chi connectivity index (χ3n) is 2.51. The maximum absolute atomic E-state index is 11.0. The zero-order valence-corrected chi connectivity index (χ0v) is 10.0. The second-order valence-corrected chi connectivity index (χ2v) is 4.68. The van der Waals surface area contributed by atoms with Gasteiger partial charge < -0.3 is 4.42 Å². The summed E-state index contributed by atoms with van der Waals surface area (Å²) in [6, 6.07) is 5.47. The van der Waals surface area contributed by atoms with Crippen molar-refractivity contribution in [1.82, 2.24) is 0 Å². The van der Waals surface area contributed by atoms with Crippen molar-refractivity contribution in [2.45, 2.75) is 20.3 Å². The van der Waals surface area contributed by atoms with Crippen molar-refractivity contribution in [2.75, 3.05) is 0 Å². The molecule has 0 unspecified atom stereocenters. The third-order valence-corrected chi connectivity index (χ3v) is 2.83. The van der Waals surface area contributed by atoms with Crippen LogP contribution in [-0.2, 0) is 6.42 Å². The van der Waals surface area contributed by atoms with E-state index >= 15 is 0 Å². The molecular weight excluding hydrogens is 224 g/mol. The maximum Gasteiger partial charge on any atom is 0.185 e. The summed E-state index contributed by atoms with van der Waals surface area (Å²) in [4.78, 5) is 11.0. The molecule has 0 aliphatic carbocycles. The van der Waals surface area contributed by atoms with E-state index < -0.39 is 0 Å². The van der Waals surface area contributed by atoms with Crippen LogP contribution in [0, 0.1) is 5.92 Å². The average Bonchev–Trinajstić information content (AvgIpc) is 2.57. The van der Waals surface area contributed by atoms with Crippen molar-refractivity contribution in [3.05, 3.63) is 34.5 Å². The first kappa shape index (κ1) is 11.2.